The molecule has 3 aromatic heterocycles. The molecule has 0 amide bonds. The zero-order valence-corrected chi connectivity index (χ0v) is 21.4. The van der Waals surface area contributed by atoms with Crippen LogP contribution in [-0.4, -0.2) is 76.9 Å². The number of piperidine rings is 1. The summed E-state index contributed by atoms with van der Waals surface area (Å²) in [7, 11) is 0. The van der Waals surface area contributed by atoms with Crippen molar-refractivity contribution in [3.05, 3.63) is 48.7 Å². The summed E-state index contributed by atoms with van der Waals surface area (Å²) >= 11 is 0. The van der Waals surface area contributed by atoms with E-state index >= 15 is 0 Å². The van der Waals surface area contributed by atoms with Crippen LogP contribution in [0.3, 0.4) is 0 Å². The van der Waals surface area contributed by atoms with Crippen LogP contribution in [0.2, 0.25) is 0 Å². The van der Waals surface area contributed by atoms with Gasteiger partial charge in [-0.15, -0.1) is 5.10 Å². The summed E-state index contributed by atoms with van der Waals surface area (Å²) in [5.41, 5.74) is 4.73. The highest BCUT2D eigenvalue weighted by Gasteiger charge is 2.45. The summed E-state index contributed by atoms with van der Waals surface area (Å²) in [5.74, 6) is 0.916. The van der Waals surface area contributed by atoms with E-state index in [-0.39, 0.29) is 0 Å². The Morgan fingerprint density at radius 2 is 1.81 bits per heavy atom. The van der Waals surface area contributed by atoms with E-state index in [4.69, 9.17) is 9.72 Å². The van der Waals surface area contributed by atoms with E-state index in [1.165, 1.54) is 50.8 Å². The first-order valence-electron chi connectivity index (χ1n) is 13.9. The van der Waals surface area contributed by atoms with Gasteiger partial charge >= 0.3 is 0 Å². The molecule has 9 nitrogen and oxygen atoms in total. The summed E-state index contributed by atoms with van der Waals surface area (Å²) in [6.07, 6.45) is 15.6. The smallest absolute Gasteiger partial charge is 0.152 e. The number of rotatable bonds is 8. The number of hydrogen-bond donors (Lipinski definition) is 1. The Hall–Kier alpha value is -3.04. The highest BCUT2D eigenvalue weighted by atomic mass is 16.5. The van der Waals surface area contributed by atoms with Gasteiger partial charge in [-0.1, -0.05) is 5.21 Å². The van der Waals surface area contributed by atoms with Gasteiger partial charge in [0.1, 0.15) is 5.69 Å². The molecule has 0 aromatic carbocycles. The van der Waals surface area contributed by atoms with Crippen LogP contribution in [0.25, 0.3) is 11.3 Å². The largest absolute Gasteiger partial charge is 0.375 e. The monoisotopic (exact) mass is 500 g/mol. The van der Waals surface area contributed by atoms with Gasteiger partial charge in [0.05, 0.1) is 48.9 Å². The molecule has 37 heavy (non-hydrogen) atoms. The lowest BCUT2D eigenvalue weighted by Crippen LogP contribution is -2.53. The van der Waals surface area contributed by atoms with Crippen LogP contribution in [0.5, 0.6) is 0 Å². The van der Waals surface area contributed by atoms with Crippen LogP contribution < -0.4 is 15.1 Å². The molecular weight excluding hydrogens is 464 g/mol. The van der Waals surface area contributed by atoms with Crippen molar-refractivity contribution in [1.29, 1.82) is 0 Å². The molecule has 1 aliphatic carbocycles. The third-order valence-corrected chi connectivity index (χ3v) is 8.51. The van der Waals surface area contributed by atoms with Crippen LogP contribution in [0, 0.1) is 5.92 Å². The maximum absolute atomic E-state index is 5.69. The second kappa shape index (κ2) is 9.68. The molecule has 4 fully saturated rings. The molecule has 0 bridgehead atoms. The third-order valence-electron chi connectivity index (χ3n) is 8.51. The Balaban J connectivity index is 1.08. The molecular formula is C28H36N8O. The number of hydrogen-bond acceptors (Lipinski definition) is 8. The number of anilines is 2. The number of nitrogens with one attached hydrogen (secondary N) is 1. The summed E-state index contributed by atoms with van der Waals surface area (Å²) in [6, 6.07) is 7.12. The highest BCUT2D eigenvalue weighted by molar-refractivity contribution is 5.63. The summed E-state index contributed by atoms with van der Waals surface area (Å²) in [5, 5.41) is 12.8. The van der Waals surface area contributed by atoms with E-state index in [0.29, 0.717) is 19.3 Å². The lowest BCUT2D eigenvalue weighted by atomic mass is 9.92. The SMILES string of the molecule is c1ncc(N2CCCC2)cc1-c1cn(C2(c3ccc(N4CCCC(NCC5CC5)C4)cn3)COC2)nn1. The average molecular weight is 501 g/mol. The quantitative estimate of drug-likeness (QED) is 0.505. The van der Waals surface area contributed by atoms with E-state index in [9.17, 15) is 0 Å². The standard InChI is InChI=1S/C28H36N8O/c1-2-10-34(9-1)25-12-22(14-29-15-25)26-18-36(33-32-26)28(19-37-20-28)27-8-7-24(16-31-27)35-11-3-4-23(17-35)30-13-21-5-6-21/h7-8,12,14-16,18,21,23,30H,1-6,9-11,13,17,19-20H2. The fourth-order valence-corrected chi connectivity index (χ4v) is 5.90. The molecule has 1 atom stereocenters. The number of ether oxygens (including phenoxy) is 1. The van der Waals surface area contributed by atoms with E-state index < -0.39 is 5.54 Å². The molecule has 1 saturated carbocycles. The van der Waals surface area contributed by atoms with Gasteiger partial charge in [0, 0.05) is 44.0 Å². The van der Waals surface area contributed by atoms with Crippen molar-refractivity contribution in [2.75, 3.05) is 55.7 Å². The Morgan fingerprint density at radius 1 is 0.946 bits per heavy atom. The van der Waals surface area contributed by atoms with E-state index in [1.807, 2.05) is 29.5 Å². The van der Waals surface area contributed by atoms with Gasteiger partial charge in [0.2, 0.25) is 0 Å². The van der Waals surface area contributed by atoms with Crippen molar-refractivity contribution < 1.29 is 4.74 Å². The molecule has 1 N–H and O–H groups in total. The van der Waals surface area contributed by atoms with Crippen molar-refractivity contribution in [2.24, 2.45) is 5.92 Å². The van der Waals surface area contributed by atoms with Gasteiger partial charge in [-0.25, -0.2) is 4.68 Å². The number of pyridine rings is 2. The van der Waals surface area contributed by atoms with Gasteiger partial charge in [-0.05, 0) is 69.2 Å². The van der Waals surface area contributed by atoms with Crippen LogP contribution >= 0.6 is 0 Å². The molecule has 9 heteroatoms. The second-order valence-corrected chi connectivity index (χ2v) is 11.2. The van der Waals surface area contributed by atoms with Crippen LogP contribution in [-0.2, 0) is 10.3 Å². The first-order chi connectivity index (χ1) is 18.3. The summed E-state index contributed by atoms with van der Waals surface area (Å²) in [4.78, 5) is 14.3. The summed E-state index contributed by atoms with van der Waals surface area (Å²) < 4.78 is 7.63. The van der Waals surface area contributed by atoms with Gasteiger partial charge in [-0.3, -0.25) is 9.97 Å². The molecule has 7 rings (SSSR count). The maximum atomic E-state index is 5.69. The lowest BCUT2D eigenvalue weighted by molar-refractivity contribution is -0.0851. The van der Waals surface area contributed by atoms with Gasteiger partial charge in [0.25, 0.3) is 0 Å². The number of aromatic nitrogens is 5. The minimum Gasteiger partial charge on any atom is -0.375 e. The van der Waals surface area contributed by atoms with Gasteiger partial charge in [-0.2, -0.15) is 0 Å². The number of nitrogens with zero attached hydrogens (tertiary/aromatic N) is 7. The minimum absolute atomic E-state index is 0.417. The molecule has 0 spiro atoms. The molecule has 6 heterocycles. The predicted octanol–water partition coefficient (Wildman–Crippen LogP) is 3.08. The Bertz CT molecular complexity index is 1210. The molecule has 4 aliphatic rings. The van der Waals surface area contributed by atoms with Crippen molar-refractivity contribution in [3.63, 3.8) is 0 Å². The Morgan fingerprint density at radius 3 is 2.57 bits per heavy atom. The molecule has 1 unspecified atom stereocenters. The zero-order valence-electron chi connectivity index (χ0n) is 21.4. The first-order valence-corrected chi connectivity index (χ1v) is 13.9. The molecule has 3 aliphatic heterocycles. The molecule has 0 radical (unpaired) electrons. The fourth-order valence-electron chi connectivity index (χ4n) is 5.90. The first kappa shape index (κ1) is 23.1. The van der Waals surface area contributed by atoms with Crippen LogP contribution in [0.4, 0.5) is 11.4 Å². The molecule has 3 saturated heterocycles. The topological polar surface area (TPSA) is 84.2 Å². The Labute approximate surface area is 218 Å². The summed E-state index contributed by atoms with van der Waals surface area (Å²) in [6.45, 7) is 6.60. The third kappa shape index (κ3) is 4.59. The minimum atomic E-state index is -0.417. The lowest BCUT2D eigenvalue weighted by Gasteiger charge is -2.40. The van der Waals surface area contributed by atoms with Crippen molar-refractivity contribution in [1.82, 2.24) is 30.3 Å². The van der Waals surface area contributed by atoms with E-state index in [2.05, 4.69) is 48.6 Å². The Kier molecular flexibility index (Phi) is 6.05. The predicted molar refractivity (Wildman–Crippen MR) is 143 cm³/mol. The normalized spacial score (nSPS) is 23.3. The van der Waals surface area contributed by atoms with Crippen molar-refractivity contribution in [3.8, 4) is 11.3 Å². The average Bonchev–Trinajstić information content (AvgIpc) is 3.36. The van der Waals surface area contributed by atoms with Gasteiger partial charge < -0.3 is 19.9 Å². The molecule has 194 valence electrons. The van der Waals surface area contributed by atoms with Crippen LogP contribution in [0.15, 0.2) is 43.0 Å². The zero-order chi connectivity index (χ0) is 24.7. The maximum Gasteiger partial charge on any atom is 0.152 e. The van der Waals surface area contributed by atoms with Crippen LogP contribution in [0.1, 0.15) is 44.2 Å². The van der Waals surface area contributed by atoms with E-state index in [0.717, 1.165) is 54.7 Å². The highest BCUT2D eigenvalue weighted by Crippen LogP contribution is 2.35. The van der Waals surface area contributed by atoms with Crippen molar-refractivity contribution >= 4 is 11.4 Å². The second-order valence-electron chi connectivity index (χ2n) is 11.2. The van der Waals surface area contributed by atoms with Gasteiger partial charge in [0.15, 0.2) is 5.54 Å². The fraction of sp³-hybridized carbons (Fsp3) is 0.571. The van der Waals surface area contributed by atoms with E-state index in [1.54, 1.807) is 0 Å². The van der Waals surface area contributed by atoms with Crippen molar-refractivity contribution in [2.45, 2.75) is 50.1 Å². The molecule has 3 aromatic rings.